The van der Waals surface area contributed by atoms with Gasteiger partial charge in [-0.3, -0.25) is 24.0 Å². The molecule has 0 fully saturated rings. The van der Waals surface area contributed by atoms with E-state index in [4.69, 9.17) is 15.9 Å². The lowest BCUT2D eigenvalue weighted by atomic mass is 10.0. The molecule has 0 aliphatic heterocycles. The third-order valence-electron chi connectivity index (χ3n) is 4.63. The molecular weight excluding hydrogens is 422 g/mol. The summed E-state index contributed by atoms with van der Waals surface area (Å²) in [6.07, 6.45) is 1.13. The number of amides is 3. The molecule has 1 aromatic heterocycles. The van der Waals surface area contributed by atoms with Crippen molar-refractivity contribution in [2.75, 3.05) is 6.54 Å². The molecule has 0 aliphatic rings. The minimum atomic E-state index is -1.34. The van der Waals surface area contributed by atoms with Crippen molar-refractivity contribution in [3.05, 3.63) is 36.0 Å². The van der Waals surface area contributed by atoms with Crippen LogP contribution in [-0.2, 0) is 30.4 Å². The van der Waals surface area contributed by atoms with Gasteiger partial charge in [0.1, 0.15) is 18.6 Å². The molecule has 32 heavy (non-hydrogen) atoms. The van der Waals surface area contributed by atoms with Crippen LogP contribution in [0.3, 0.4) is 0 Å². The van der Waals surface area contributed by atoms with E-state index in [0.29, 0.717) is 0 Å². The van der Waals surface area contributed by atoms with Crippen LogP contribution in [0.1, 0.15) is 18.9 Å². The number of carboxylic acid groups (broad SMARTS) is 2. The standard InChI is InChI=1S/C20H25N5O7/c1-10(24-19(31)13(21)7-16(26)27)18(30)25-15(20(32)23-9-17(28)29)6-11-8-22-14-5-3-2-4-12(11)14/h2-5,8,10,13,15,22H,6-7,9,21H2,1H3,(H,23,32)(H,24,31)(H,25,30)(H,26,27)(H,28,29). The number of hydrogen-bond donors (Lipinski definition) is 7. The fourth-order valence-electron chi connectivity index (χ4n) is 2.98. The summed E-state index contributed by atoms with van der Waals surface area (Å²) in [5, 5.41) is 25.4. The number of hydrogen-bond acceptors (Lipinski definition) is 6. The van der Waals surface area contributed by atoms with Crippen LogP contribution in [0.5, 0.6) is 0 Å². The van der Waals surface area contributed by atoms with Crippen LogP contribution in [0, 0.1) is 0 Å². The smallest absolute Gasteiger partial charge is 0.322 e. The topological polar surface area (TPSA) is 204 Å². The summed E-state index contributed by atoms with van der Waals surface area (Å²) in [5.74, 6) is -4.79. The van der Waals surface area contributed by atoms with Gasteiger partial charge >= 0.3 is 11.9 Å². The summed E-state index contributed by atoms with van der Waals surface area (Å²) >= 11 is 0. The summed E-state index contributed by atoms with van der Waals surface area (Å²) in [6, 6.07) is 3.73. The molecule has 0 saturated carbocycles. The van der Waals surface area contributed by atoms with E-state index in [-0.39, 0.29) is 6.42 Å². The Kier molecular flexibility index (Phi) is 8.30. The minimum Gasteiger partial charge on any atom is -0.481 e. The molecule has 12 nitrogen and oxygen atoms in total. The zero-order valence-corrected chi connectivity index (χ0v) is 17.3. The van der Waals surface area contributed by atoms with Gasteiger partial charge in [-0.25, -0.2) is 0 Å². The number of rotatable bonds is 11. The average molecular weight is 447 g/mol. The summed E-state index contributed by atoms with van der Waals surface area (Å²) in [6.45, 7) is 0.716. The van der Waals surface area contributed by atoms with E-state index in [1.54, 1.807) is 6.20 Å². The molecule has 0 spiro atoms. The Labute approximate surface area is 182 Å². The number of fused-ring (bicyclic) bond motifs is 1. The van der Waals surface area contributed by atoms with Gasteiger partial charge in [0.05, 0.1) is 12.5 Å². The Hall–Kier alpha value is -3.93. The molecule has 172 valence electrons. The fourth-order valence-corrected chi connectivity index (χ4v) is 2.98. The number of aliphatic carboxylic acids is 2. The van der Waals surface area contributed by atoms with Crippen molar-refractivity contribution < 1.29 is 34.2 Å². The lowest BCUT2D eigenvalue weighted by Crippen LogP contribution is -2.55. The van der Waals surface area contributed by atoms with Gasteiger partial charge < -0.3 is 36.9 Å². The van der Waals surface area contributed by atoms with Gasteiger partial charge in [-0.05, 0) is 18.6 Å². The Bertz CT molecular complexity index is 1020. The van der Waals surface area contributed by atoms with Crippen molar-refractivity contribution in [3.63, 3.8) is 0 Å². The quantitative estimate of drug-likeness (QED) is 0.220. The molecule has 1 aromatic carbocycles. The highest BCUT2D eigenvalue weighted by Crippen LogP contribution is 2.19. The summed E-state index contributed by atoms with van der Waals surface area (Å²) in [4.78, 5) is 61.6. The Morgan fingerprint density at radius 2 is 1.69 bits per heavy atom. The molecule has 0 aliphatic carbocycles. The first-order valence-corrected chi connectivity index (χ1v) is 9.71. The zero-order valence-electron chi connectivity index (χ0n) is 17.3. The normalized spacial score (nSPS) is 13.6. The first-order chi connectivity index (χ1) is 15.1. The summed E-state index contributed by atoms with van der Waals surface area (Å²) in [5.41, 5.74) is 7.02. The van der Waals surface area contributed by atoms with Crippen molar-refractivity contribution >= 4 is 40.6 Å². The van der Waals surface area contributed by atoms with Crippen molar-refractivity contribution in [2.24, 2.45) is 5.73 Å². The summed E-state index contributed by atoms with van der Waals surface area (Å²) in [7, 11) is 0. The average Bonchev–Trinajstić information content (AvgIpc) is 3.13. The van der Waals surface area contributed by atoms with Crippen molar-refractivity contribution in [3.8, 4) is 0 Å². The number of carbonyl (C=O) groups is 5. The van der Waals surface area contributed by atoms with E-state index in [9.17, 15) is 24.0 Å². The van der Waals surface area contributed by atoms with Crippen LogP contribution >= 0.6 is 0 Å². The van der Waals surface area contributed by atoms with Crippen molar-refractivity contribution in [1.29, 1.82) is 0 Å². The molecule has 0 radical (unpaired) electrons. The number of H-pyrrole nitrogens is 1. The van der Waals surface area contributed by atoms with E-state index in [1.807, 2.05) is 24.3 Å². The van der Waals surface area contributed by atoms with Crippen LogP contribution in [-0.4, -0.2) is 69.5 Å². The van der Waals surface area contributed by atoms with Crippen molar-refractivity contribution in [1.82, 2.24) is 20.9 Å². The number of aromatic nitrogens is 1. The highest BCUT2D eigenvalue weighted by atomic mass is 16.4. The molecule has 2 rings (SSSR count). The maximum atomic E-state index is 12.6. The van der Waals surface area contributed by atoms with E-state index >= 15 is 0 Å². The highest BCUT2D eigenvalue weighted by molar-refractivity contribution is 5.94. The number of carboxylic acids is 2. The van der Waals surface area contributed by atoms with Gasteiger partial charge in [0.2, 0.25) is 17.7 Å². The fraction of sp³-hybridized carbons (Fsp3) is 0.350. The van der Waals surface area contributed by atoms with Crippen LogP contribution < -0.4 is 21.7 Å². The highest BCUT2D eigenvalue weighted by Gasteiger charge is 2.27. The van der Waals surface area contributed by atoms with Gasteiger partial charge in [0.25, 0.3) is 0 Å². The van der Waals surface area contributed by atoms with Crippen LogP contribution in [0.25, 0.3) is 10.9 Å². The molecule has 2 aromatic rings. The Morgan fingerprint density at radius 1 is 1.00 bits per heavy atom. The molecule has 0 saturated heterocycles. The monoisotopic (exact) mass is 447 g/mol. The minimum absolute atomic E-state index is 0.0560. The third kappa shape index (κ3) is 6.80. The van der Waals surface area contributed by atoms with E-state index in [0.717, 1.165) is 16.5 Å². The van der Waals surface area contributed by atoms with Gasteiger partial charge in [0, 0.05) is 23.5 Å². The Morgan fingerprint density at radius 3 is 2.34 bits per heavy atom. The third-order valence-corrected chi connectivity index (χ3v) is 4.63. The number of carbonyl (C=O) groups excluding carboxylic acids is 3. The second kappa shape index (κ2) is 10.9. The van der Waals surface area contributed by atoms with E-state index < -0.39 is 60.8 Å². The number of para-hydroxylation sites is 1. The molecule has 3 amide bonds. The molecule has 0 bridgehead atoms. The first kappa shape index (κ1) is 24.3. The number of aromatic amines is 1. The van der Waals surface area contributed by atoms with E-state index in [1.165, 1.54) is 6.92 Å². The molecule has 1 heterocycles. The maximum absolute atomic E-state index is 12.6. The van der Waals surface area contributed by atoms with Gasteiger partial charge in [0.15, 0.2) is 0 Å². The largest absolute Gasteiger partial charge is 0.481 e. The lowest BCUT2D eigenvalue weighted by molar-refractivity contribution is -0.139. The van der Waals surface area contributed by atoms with Gasteiger partial charge in [-0.15, -0.1) is 0 Å². The molecular formula is C20H25N5O7. The number of benzene rings is 1. The van der Waals surface area contributed by atoms with Gasteiger partial charge in [-0.2, -0.15) is 0 Å². The van der Waals surface area contributed by atoms with Crippen molar-refractivity contribution in [2.45, 2.75) is 37.9 Å². The Balaban J connectivity index is 2.12. The predicted octanol–water partition coefficient (Wildman–Crippen LogP) is -1.30. The predicted molar refractivity (Wildman–Crippen MR) is 112 cm³/mol. The molecule has 12 heteroatoms. The lowest BCUT2D eigenvalue weighted by Gasteiger charge is -2.21. The molecule has 8 N–H and O–H groups in total. The van der Waals surface area contributed by atoms with Gasteiger partial charge in [-0.1, -0.05) is 18.2 Å². The van der Waals surface area contributed by atoms with E-state index in [2.05, 4.69) is 20.9 Å². The summed E-state index contributed by atoms with van der Waals surface area (Å²) < 4.78 is 0. The second-order valence-electron chi connectivity index (χ2n) is 7.17. The molecule has 3 atom stereocenters. The number of nitrogens with two attached hydrogens (primary N) is 1. The molecule has 3 unspecified atom stereocenters. The maximum Gasteiger partial charge on any atom is 0.322 e. The zero-order chi connectivity index (χ0) is 23.8. The SMILES string of the molecule is CC(NC(=O)C(N)CC(=O)O)C(=O)NC(Cc1c[nH]c2ccccc12)C(=O)NCC(=O)O. The second-order valence-corrected chi connectivity index (χ2v) is 7.17. The van der Waals surface area contributed by atoms with Crippen LogP contribution in [0.2, 0.25) is 0 Å². The van der Waals surface area contributed by atoms with Crippen LogP contribution in [0.15, 0.2) is 30.5 Å². The first-order valence-electron chi connectivity index (χ1n) is 9.71. The van der Waals surface area contributed by atoms with Crippen LogP contribution in [0.4, 0.5) is 0 Å². The number of nitrogens with one attached hydrogen (secondary N) is 4.